The number of rotatable bonds is 7. The molecule has 0 saturated heterocycles. The van der Waals surface area contributed by atoms with Crippen LogP contribution in [0.25, 0.3) is 0 Å². The first kappa shape index (κ1) is 17.3. The number of anilines is 2. The number of amides is 1. The topological polar surface area (TPSA) is 50.4 Å². The summed E-state index contributed by atoms with van der Waals surface area (Å²) < 4.78 is 6.63. The van der Waals surface area contributed by atoms with Crippen LogP contribution in [0.2, 0.25) is 0 Å². The summed E-state index contributed by atoms with van der Waals surface area (Å²) in [4.78, 5) is 12.0. The Kier molecular flexibility index (Phi) is 6.47. The Hall–Kier alpha value is -2.01. The Morgan fingerprint density at radius 1 is 1.13 bits per heavy atom. The number of halogens is 1. The van der Waals surface area contributed by atoms with Gasteiger partial charge in [-0.3, -0.25) is 4.79 Å². The normalized spacial score (nSPS) is 10.4. The molecule has 0 aliphatic heterocycles. The van der Waals surface area contributed by atoms with Crippen molar-refractivity contribution in [1.82, 2.24) is 0 Å². The van der Waals surface area contributed by atoms with Crippen LogP contribution in [0, 0.1) is 5.92 Å². The lowest BCUT2D eigenvalue weighted by molar-refractivity contribution is -0.114. The minimum Gasteiger partial charge on any atom is -0.493 e. The fourth-order valence-corrected chi connectivity index (χ4v) is 2.31. The average molecular weight is 377 g/mol. The van der Waals surface area contributed by atoms with Crippen molar-refractivity contribution in [2.75, 3.05) is 23.8 Å². The zero-order valence-corrected chi connectivity index (χ0v) is 14.9. The monoisotopic (exact) mass is 376 g/mol. The number of hydrogen-bond donors (Lipinski definition) is 2. The van der Waals surface area contributed by atoms with Crippen LogP contribution in [0.1, 0.15) is 13.8 Å². The van der Waals surface area contributed by atoms with Gasteiger partial charge in [-0.2, -0.15) is 0 Å². The molecule has 0 radical (unpaired) electrons. The fourth-order valence-electron chi connectivity index (χ4n) is 1.91. The maximum atomic E-state index is 12.0. The highest BCUT2D eigenvalue weighted by atomic mass is 79.9. The first-order valence-electron chi connectivity index (χ1n) is 7.55. The van der Waals surface area contributed by atoms with Gasteiger partial charge in [0.05, 0.1) is 13.2 Å². The van der Waals surface area contributed by atoms with Gasteiger partial charge in [0.1, 0.15) is 5.75 Å². The Bertz CT molecular complexity index is 659. The summed E-state index contributed by atoms with van der Waals surface area (Å²) in [6, 6.07) is 15.1. The maximum Gasteiger partial charge on any atom is 0.243 e. The Morgan fingerprint density at radius 3 is 2.61 bits per heavy atom. The number of benzene rings is 2. The van der Waals surface area contributed by atoms with Crippen molar-refractivity contribution in [3.63, 3.8) is 0 Å². The summed E-state index contributed by atoms with van der Waals surface area (Å²) in [6.07, 6.45) is 0. The summed E-state index contributed by atoms with van der Waals surface area (Å²) in [5, 5.41) is 5.95. The van der Waals surface area contributed by atoms with Crippen molar-refractivity contribution >= 4 is 33.2 Å². The summed E-state index contributed by atoms with van der Waals surface area (Å²) in [5.41, 5.74) is 1.62. The minimum atomic E-state index is -0.106. The van der Waals surface area contributed by atoms with Gasteiger partial charge in [0, 0.05) is 21.9 Å². The zero-order valence-electron chi connectivity index (χ0n) is 13.3. The third-order valence-corrected chi connectivity index (χ3v) is 3.47. The molecule has 0 aliphatic rings. The van der Waals surface area contributed by atoms with E-state index in [9.17, 15) is 4.79 Å². The molecule has 122 valence electrons. The van der Waals surface area contributed by atoms with E-state index in [0.717, 1.165) is 21.6 Å². The molecule has 0 saturated carbocycles. The van der Waals surface area contributed by atoms with Crippen molar-refractivity contribution in [2.24, 2.45) is 5.92 Å². The molecule has 5 heteroatoms. The Balaban J connectivity index is 1.86. The molecule has 0 aromatic heterocycles. The molecule has 2 N–H and O–H groups in total. The lowest BCUT2D eigenvalue weighted by Crippen LogP contribution is -2.21. The van der Waals surface area contributed by atoms with Crippen LogP contribution in [0.5, 0.6) is 5.75 Å². The smallest absolute Gasteiger partial charge is 0.243 e. The molecule has 0 fully saturated rings. The van der Waals surface area contributed by atoms with Crippen LogP contribution < -0.4 is 15.4 Å². The molecule has 23 heavy (non-hydrogen) atoms. The fraction of sp³-hybridized carbons (Fsp3) is 0.278. The molecule has 0 atom stereocenters. The van der Waals surface area contributed by atoms with Crippen LogP contribution in [0.15, 0.2) is 53.0 Å². The number of carbonyl (C=O) groups excluding carboxylic acids is 1. The van der Waals surface area contributed by atoms with Gasteiger partial charge in [-0.05, 0) is 36.2 Å². The summed E-state index contributed by atoms with van der Waals surface area (Å²) in [6.45, 7) is 5.05. The molecular formula is C18H21BrN2O2. The van der Waals surface area contributed by atoms with Gasteiger partial charge in [-0.25, -0.2) is 0 Å². The zero-order chi connectivity index (χ0) is 16.7. The van der Waals surface area contributed by atoms with Crippen LogP contribution in [0.4, 0.5) is 11.4 Å². The van der Waals surface area contributed by atoms with E-state index in [0.29, 0.717) is 12.5 Å². The summed E-state index contributed by atoms with van der Waals surface area (Å²) in [5.74, 6) is 1.12. The van der Waals surface area contributed by atoms with Crippen LogP contribution >= 0.6 is 15.9 Å². The Labute approximate surface area is 145 Å². The van der Waals surface area contributed by atoms with Crippen molar-refractivity contribution in [3.8, 4) is 5.75 Å². The number of nitrogens with one attached hydrogen (secondary N) is 2. The highest BCUT2D eigenvalue weighted by Gasteiger charge is 2.04. The molecule has 2 rings (SSSR count). The number of hydrogen-bond acceptors (Lipinski definition) is 3. The molecular weight excluding hydrogens is 356 g/mol. The third kappa shape index (κ3) is 6.32. The van der Waals surface area contributed by atoms with E-state index in [2.05, 4.69) is 40.4 Å². The lowest BCUT2D eigenvalue weighted by Gasteiger charge is -2.11. The molecule has 4 nitrogen and oxygen atoms in total. The van der Waals surface area contributed by atoms with Crippen molar-refractivity contribution in [1.29, 1.82) is 0 Å². The molecule has 0 bridgehead atoms. The molecule has 0 aliphatic carbocycles. The Morgan fingerprint density at radius 2 is 1.87 bits per heavy atom. The quantitative estimate of drug-likeness (QED) is 0.745. The van der Waals surface area contributed by atoms with Crippen LogP contribution in [-0.2, 0) is 4.79 Å². The second-order valence-electron chi connectivity index (χ2n) is 5.64. The van der Waals surface area contributed by atoms with Gasteiger partial charge >= 0.3 is 0 Å². The van der Waals surface area contributed by atoms with E-state index in [1.165, 1.54) is 0 Å². The first-order valence-corrected chi connectivity index (χ1v) is 8.34. The van der Waals surface area contributed by atoms with Gasteiger partial charge in [0.15, 0.2) is 0 Å². The third-order valence-electron chi connectivity index (χ3n) is 2.98. The van der Waals surface area contributed by atoms with E-state index in [4.69, 9.17) is 4.74 Å². The van der Waals surface area contributed by atoms with Gasteiger partial charge in [-0.1, -0.05) is 41.9 Å². The summed E-state index contributed by atoms with van der Waals surface area (Å²) in [7, 11) is 0. The van der Waals surface area contributed by atoms with E-state index in [-0.39, 0.29) is 12.5 Å². The summed E-state index contributed by atoms with van der Waals surface area (Å²) >= 11 is 3.40. The SMILES string of the molecule is CC(C)COc1cccc(NC(=O)CNc2cccc(Br)c2)c1. The molecule has 2 aromatic carbocycles. The molecule has 1 amide bonds. The molecule has 0 heterocycles. The van der Waals surface area contributed by atoms with Crippen molar-refractivity contribution in [2.45, 2.75) is 13.8 Å². The second-order valence-corrected chi connectivity index (χ2v) is 6.56. The average Bonchev–Trinajstić information content (AvgIpc) is 2.51. The van der Waals surface area contributed by atoms with E-state index in [1.54, 1.807) is 0 Å². The lowest BCUT2D eigenvalue weighted by atomic mass is 10.2. The second kappa shape index (κ2) is 8.58. The molecule has 0 unspecified atom stereocenters. The van der Waals surface area contributed by atoms with Gasteiger partial charge in [0.25, 0.3) is 0 Å². The highest BCUT2D eigenvalue weighted by Crippen LogP contribution is 2.18. The van der Waals surface area contributed by atoms with E-state index in [1.807, 2.05) is 48.5 Å². The minimum absolute atomic E-state index is 0.106. The van der Waals surface area contributed by atoms with Crippen molar-refractivity contribution in [3.05, 3.63) is 53.0 Å². The molecule has 0 spiro atoms. The number of ether oxygens (including phenoxy) is 1. The predicted octanol–water partition coefficient (Wildman–Crippen LogP) is 4.53. The van der Waals surface area contributed by atoms with Gasteiger partial charge < -0.3 is 15.4 Å². The van der Waals surface area contributed by atoms with E-state index < -0.39 is 0 Å². The predicted molar refractivity (Wildman–Crippen MR) is 98.0 cm³/mol. The molecule has 2 aromatic rings. The van der Waals surface area contributed by atoms with E-state index >= 15 is 0 Å². The maximum absolute atomic E-state index is 12.0. The van der Waals surface area contributed by atoms with Crippen LogP contribution in [-0.4, -0.2) is 19.1 Å². The number of carbonyl (C=O) groups is 1. The highest BCUT2D eigenvalue weighted by molar-refractivity contribution is 9.10. The van der Waals surface area contributed by atoms with Crippen LogP contribution in [0.3, 0.4) is 0 Å². The van der Waals surface area contributed by atoms with Gasteiger partial charge in [-0.15, -0.1) is 0 Å². The standard InChI is InChI=1S/C18H21BrN2O2/c1-13(2)12-23-17-8-4-7-16(10-17)21-18(22)11-20-15-6-3-5-14(19)9-15/h3-10,13,20H,11-12H2,1-2H3,(H,21,22). The largest absolute Gasteiger partial charge is 0.493 e. The van der Waals surface area contributed by atoms with Crippen molar-refractivity contribution < 1.29 is 9.53 Å². The first-order chi connectivity index (χ1) is 11.0. The van der Waals surface area contributed by atoms with Gasteiger partial charge in [0.2, 0.25) is 5.91 Å².